The van der Waals surface area contributed by atoms with E-state index in [1.54, 1.807) is 29.5 Å². The highest BCUT2D eigenvalue weighted by Crippen LogP contribution is 2.37. The number of benzene rings is 2. The first-order chi connectivity index (χ1) is 14.5. The molecular weight excluding hydrogens is 416 g/mol. The van der Waals surface area contributed by atoms with Gasteiger partial charge in [-0.25, -0.2) is 9.88 Å². The van der Waals surface area contributed by atoms with Crippen LogP contribution in [-0.4, -0.2) is 16.1 Å². The number of hydrogen-bond acceptors (Lipinski definition) is 6. The number of carbonyl (C=O) groups is 2. The van der Waals surface area contributed by atoms with E-state index in [9.17, 15) is 9.59 Å². The molecule has 5 nitrogen and oxygen atoms in total. The Kier molecular flexibility index (Phi) is 4.56. The minimum atomic E-state index is -0.341. The molecule has 30 heavy (non-hydrogen) atoms. The molecule has 2 aromatic carbocycles. The SMILES string of the molecule is Cc1ccc(N2C(=O)S/C(=C\c3ccc(-c4nc5ccccc5s4)o3)C2=O)cc1C. The number of nitrogens with zero attached hydrogens (tertiary/aromatic N) is 2. The summed E-state index contributed by atoms with van der Waals surface area (Å²) in [6.07, 6.45) is 1.61. The van der Waals surface area contributed by atoms with Crippen molar-refractivity contribution in [3.05, 3.63) is 76.4 Å². The van der Waals surface area contributed by atoms with E-state index in [1.165, 1.54) is 4.90 Å². The molecule has 0 saturated carbocycles. The lowest BCUT2D eigenvalue weighted by molar-refractivity contribution is -0.113. The van der Waals surface area contributed by atoms with Crippen LogP contribution in [0.25, 0.3) is 27.1 Å². The lowest BCUT2D eigenvalue weighted by atomic mass is 10.1. The molecule has 4 aromatic rings. The number of aromatic nitrogens is 1. The van der Waals surface area contributed by atoms with Crippen LogP contribution >= 0.6 is 23.1 Å². The summed E-state index contributed by atoms with van der Waals surface area (Å²) in [6.45, 7) is 3.95. The second-order valence-electron chi connectivity index (χ2n) is 6.97. The Balaban J connectivity index is 1.43. The van der Waals surface area contributed by atoms with Crippen molar-refractivity contribution in [2.75, 3.05) is 4.90 Å². The van der Waals surface area contributed by atoms with Crippen LogP contribution in [0.2, 0.25) is 0 Å². The second-order valence-corrected chi connectivity index (χ2v) is 9.00. The van der Waals surface area contributed by atoms with Crippen LogP contribution < -0.4 is 4.90 Å². The lowest BCUT2D eigenvalue weighted by Gasteiger charge is -2.13. The van der Waals surface area contributed by atoms with Crippen molar-refractivity contribution in [2.45, 2.75) is 13.8 Å². The molecule has 7 heteroatoms. The third-order valence-electron chi connectivity index (χ3n) is 4.95. The third-order valence-corrected chi connectivity index (χ3v) is 6.87. The molecule has 1 aliphatic heterocycles. The summed E-state index contributed by atoms with van der Waals surface area (Å²) in [5.74, 6) is 0.803. The number of para-hydroxylation sites is 1. The number of rotatable bonds is 3. The van der Waals surface area contributed by atoms with Gasteiger partial charge in [-0.3, -0.25) is 9.59 Å². The van der Waals surface area contributed by atoms with Crippen molar-refractivity contribution < 1.29 is 14.0 Å². The molecule has 0 radical (unpaired) electrons. The maximum atomic E-state index is 12.9. The molecule has 3 heterocycles. The maximum absolute atomic E-state index is 12.9. The van der Waals surface area contributed by atoms with Crippen molar-refractivity contribution >= 4 is 56.2 Å². The van der Waals surface area contributed by atoms with Crippen molar-refractivity contribution in [3.8, 4) is 10.8 Å². The van der Waals surface area contributed by atoms with E-state index in [1.807, 2.05) is 56.3 Å². The van der Waals surface area contributed by atoms with Gasteiger partial charge in [0.05, 0.1) is 20.8 Å². The smallest absolute Gasteiger partial charge is 0.298 e. The molecular formula is C23H16N2O3S2. The van der Waals surface area contributed by atoms with Crippen molar-refractivity contribution in [3.63, 3.8) is 0 Å². The number of aryl methyl sites for hydroxylation is 2. The van der Waals surface area contributed by atoms with Crippen LogP contribution in [0.15, 0.2) is 63.9 Å². The first-order valence-electron chi connectivity index (χ1n) is 9.30. The van der Waals surface area contributed by atoms with E-state index < -0.39 is 0 Å². The highest BCUT2D eigenvalue weighted by Gasteiger charge is 2.36. The Bertz CT molecular complexity index is 1320. The summed E-state index contributed by atoms with van der Waals surface area (Å²) in [5, 5.41) is 0.464. The molecule has 1 aliphatic rings. The Morgan fingerprint density at radius 3 is 2.63 bits per heavy atom. The van der Waals surface area contributed by atoms with E-state index in [0.717, 1.165) is 38.1 Å². The van der Waals surface area contributed by atoms with Crippen molar-refractivity contribution in [2.24, 2.45) is 0 Å². The van der Waals surface area contributed by atoms with E-state index in [0.29, 0.717) is 22.1 Å². The zero-order chi connectivity index (χ0) is 20.8. The van der Waals surface area contributed by atoms with E-state index in [4.69, 9.17) is 4.42 Å². The average Bonchev–Trinajstić information content (AvgIpc) is 3.42. The summed E-state index contributed by atoms with van der Waals surface area (Å²) in [6, 6.07) is 17.1. The van der Waals surface area contributed by atoms with Gasteiger partial charge in [0.1, 0.15) is 5.76 Å². The number of fused-ring (bicyclic) bond motifs is 1. The van der Waals surface area contributed by atoms with Gasteiger partial charge < -0.3 is 4.42 Å². The number of thioether (sulfide) groups is 1. The minimum Gasteiger partial charge on any atom is -0.454 e. The molecule has 0 unspecified atom stereocenters. The van der Waals surface area contributed by atoms with Crippen LogP contribution in [0.4, 0.5) is 10.5 Å². The number of thiazole rings is 1. The van der Waals surface area contributed by atoms with Gasteiger partial charge >= 0.3 is 0 Å². The van der Waals surface area contributed by atoms with E-state index >= 15 is 0 Å². The number of hydrogen-bond donors (Lipinski definition) is 0. The molecule has 1 saturated heterocycles. The largest absolute Gasteiger partial charge is 0.454 e. The van der Waals surface area contributed by atoms with Crippen LogP contribution in [0.5, 0.6) is 0 Å². The Morgan fingerprint density at radius 1 is 1.00 bits per heavy atom. The predicted octanol–water partition coefficient (Wildman–Crippen LogP) is 6.41. The van der Waals surface area contributed by atoms with Crippen molar-refractivity contribution in [1.82, 2.24) is 4.98 Å². The van der Waals surface area contributed by atoms with Crippen LogP contribution in [-0.2, 0) is 4.79 Å². The highest BCUT2D eigenvalue weighted by molar-refractivity contribution is 8.19. The maximum Gasteiger partial charge on any atom is 0.298 e. The predicted molar refractivity (Wildman–Crippen MR) is 122 cm³/mol. The summed E-state index contributed by atoms with van der Waals surface area (Å²) < 4.78 is 6.98. The number of amides is 2. The molecule has 0 bridgehead atoms. The molecule has 0 atom stereocenters. The van der Waals surface area contributed by atoms with Crippen LogP contribution in [0.1, 0.15) is 16.9 Å². The standard InChI is InChI=1S/C23H16N2O3S2/c1-13-7-8-15(11-14(13)2)25-22(26)20(30-23(25)27)12-16-9-10-18(28-16)21-24-17-5-3-4-6-19(17)29-21/h3-12H,1-2H3/b20-12-. The molecule has 0 aliphatic carbocycles. The lowest BCUT2D eigenvalue weighted by Crippen LogP contribution is -2.27. The fraction of sp³-hybridized carbons (Fsp3) is 0.0870. The second kappa shape index (κ2) is 7.27. The molecule has 1 fully saturated rings. The average molecular weight is 433 g/mol. The highest BCUT2D eigenvalue weighted by atomic mass is 32.2. The molecule has 0 spiro atoms. The molecule has 2 amide bonds. The Labute approximate surface area is 181 Å². The van der Waals surface area contributed by atoms with Gasteiger partial charge in [0.2, 0.25) is 0 Å². The number of carbonyl (C=O) groups excluding carboxylic acids is 2. The summed E-state index contributed by atoms with van der Waals surface area (Å²) in [4.78, 5) is 31.5. The molecule has 5 rings (SSSR count). The molecule has 148 valence electrons. The molecule has 2 aromatic heterocycles. The van der Waals surface area contributed by atoms with Gasteiger partial charge in [-0.15, -0.1) is 11.3 Å². The zero-order valence-corrected chi connectivity index (χ0v) is 17.8. The summed E-state index contributed by atoms with van der Waals surface area (Å²) in [5.41, 5.74) is 3.64. The van der Waals surface area contributed by atoms with Crippen LogP contribution in [0.3, 0.4) is 0 Å². The van der Waals surface area contributed by atoms with Gasteiger partial charge in [0, 0.05) is 6.08 Å². The Hall–Kier alpha value is -3.16. The van der Waals surface area contributed by atoms with Gasteiger partial charge in [0.15, 0.2) is 10.8 Å². The third kappa shape index (κ3) is 3.26. The number of furan rings is 1. The van der Waals surface area contributed by atoms with Crippen molar-refractivity contribution in [1.29, 1.82) is 0 Å². The van der Waals surface area contributed by atoms with Crippen LogP contribution in [0, 0.1) is 13.8 Å². The topological polar surface area (TPSA) is 63.4 Å². The fourth-order valence-corrected chi connectivity index (χ4v) is 4.96. The zero-order valence-electron chi connectivity index (χ0n) is 16.2. The van der Waals surface area contributed by atoms with Gasteiger partial charge in [-0.2, -0.15) is 0 Å². The summed E-state index contributed by atoms with van der Waals surface area (Å²) in [7, 11) is 0. The number of anilines is 1. The molecule has 0 N–H and O–H groups in total. The first kappa shape index (κ1) is 18.8. The Morgan fingerprint density at radius 2 is 1.83 bits per heavy atom. The van der Waals surface area contributed by atoms with Gasteiger partial charge in [-0.1, -0.05) is 18.2 Å². The fourth-order valence-electron chi connectivity index (χ4n) is 3.21. The first-order valence-corrected chi connectivity index (χ1v) is 10.9. The van der Waals surface area contributed by atoms with Gasteiger partial charge in [0.25, 0.3) is 11.1 Å². The minimum absolute atomic E-state index is 0.313. The van der Waals surface area contributed by atoms with E-state index in [2.05, 4.69) is 4.98 Å². The van der Waals surface area contributed by atoms with Gasteiger partial charge in [-0.05, 0) is 73.1 Å². The monoisotopic (exact) mass is 432 g/mol. The quantitative estimate of drug-likeness (QED) is 0.350. The number of imide groups is 1. The van der Waals surface area contributed by atoms with E-state index in [-0.39, 0.29) is 11.1 Å². The normalized spacial score (nSPS) is 15.7. The summed E-state index contributed by atoms with van der Waals surface area (Å²) >= 11 is 2.46.